The van der Waals surface area contributed by atoms with E-state index in [1.54, 1.807) is 30.3 Å². The Balaban J connectivity index is 1.84. The maximum atomic E-state index is 11.9. The predicted molar refractivity (Wildman–Crippen MR) is 111 cm³/mol. The molecule has 0 saturated heterocycles. The van der Waals surface area contributed by atoms with Crippen molar-refractivity contribution in [2.75, 3.05) is 19.5 Å². The van der Waals surface area contributed by atoms with Crippen molar-refractivity contribution in [1.82, 2.24) is 0 Å². The third kappa shape index (κ3) is 5.12. The van der Waals surface area contributed by atoms with E-state index >= 15 is 0 Å². The number of aryl methyl sites for hydroxylation is 1. The van der Waals surface area contributed by atoms with Crippen LogP contribution < -0.4 is 9.13 Å². The monoisotopic (exact) mass is 428 g/mol. The number of benzene rings is 1. The first-order valence-corrected chi connectivity index (χ1v) is 11.9. The molecule has 0 N–H and O–H groups in total. The molecule has 0 atom stereocenters. The van der Waals surface area contributed by atoms with Crippen molar-refractivity contribution in [3.8, 4) is 16.8 Å². The van der Waals surface area contributed by atoms with Crippen LogP contribution in [0.3, 0.4) is 0 Å². The van der Waals surface area contributed by atoms with Gasteiger partial charge in [-0.05, 0) is 24.5 Å². The summed E-state index contributed by atoms with van der Waals surface area (Å²) in [6, 6.07) is 11.1. The molecule has 0 saturated carbocycles. The molecule has 0 bridgehead atoms. The van der Waals surface area contributed by atoms with E-state index in [1.165, 1.54) is 12.1 Å². The van der Waals surface area contributed by atoms with Crippen LogP contribution in [0.15, 0.2) is 67.3 Å². The highest BCUT2D eigenvalue weighted by molar-refractivity contribution is 7.62. The summed E-state index contributed by atoms with van der Waals surface area (Å²) in [6.45, 7) is 4.23. The smallest absolute Gasteiger partial charge is 0.324 e. The van der Waals surface area contributed by atoms with Crippen LogP contribution in [0.4, 0.5) is 11.4 Å². The molecule has 0 spiro atoms. The van der Waals surface area contributed by atoms with Crippen molar-refractivity contribution in [1.29, 1.82) is 0 Å². The van der Waals surface area contributed by atoms with E-state index in [0.717, 1.165) is 17.2 Å². The fraction of sp³-hybridized carbons (Fsp3) is 0.200. The van der Waals surface area contributed by atoms with E-state index in [4.69, 9.17) is 0 Å². The van der Waals surface area contributed by atoms with E-state index in [0.29, 0.717) is 12.7 Å². The van der Waals surface area contributed by atoms with Gasteiger partial charge in [0.15, 0.2) is 31.3 Å². The Morgan fingerprint density at radius 2 is 1.43 bits per heavy atom. The topological polar surface area (TPSA) is 111 Å². The molecular formula is C20H21N4O5P+2. The molecule has 2 heterocycles. The van der Waals surface area contributed by atoms with Crippen molar-refractivity contribution in [3.05, 3.63) is 87.5 Å². The number of nitro benzene ring substituents is 2. The van der Waals surface area contributed by atoms with Crippen molar-refractivity contribution in [2.45, 2.75) is 6.54 Å². The van der Waals surface area contributed by atoms with Crippen LogP contribution >= 0.6 is 7.14 Å². The predicted octanol–water partition coefficient (Wildman–Crippen LogP) is 3.36. The van der Waals surface area contributed by atoms with Crippen LogP contribution in [0.2, 0.25) is 0 Å². The fourth-order valence-corrected chi connectivity index (χ4v) is 3.64. The number of nitrogens with zero attached hydrogens (tertiary/aromatic N) is 4. The molecule has 154 valence electrons. The molecular weight excluding hydrogens is 407 g/mol. The number of pyridine rings is 2. The van der Waals surface area contributed by atoms with E-state index in [9.17, 15) is 24.8 Å². The average molecular weight is 428 g/mol. The Morgan fingerprint density at radius 1 is 0.867 bits per heavy atom. The lowest BCUT2D eigenvalue weighted by atomic mass is 10.1. The summed E-state index contributed by atoms with van der Waals surface area (Å²) < 4.78 is 15.4. The molecule has 9 nitrogen and oxygen atoms in total. The number of hydrogen-bond donors (Lipinski definition) is 0. The Hall–Kier alpha value is -3.45. The summed E-state index contributed by atoms with van der Waals surface area (Å²) in [6.07, 6.45) is 7.83. The lowest BCUT2D eigenvalue weighted by Gasteiger charge is -2.04. The van der Waals surface area contributed by atoms with Crippen LogP contribution in [0, 0.1) is 20.2 Å². The number of nitro groups is 2. The van der Waals surface area contributed by atoms with Crippen LogP contribution in [0.25, 0.3) is 16.8 Å². The molecule has 0 aliphatic carbocycles. The van der Waals surface area contributed by atoms with Crippen molar-refractivity contribution in [2.24, 2.45) is 0 Å². The van der Waals surface area contributed by atoms with Gasteiger partial charge in [-0.2, -0.15) is 4.57 Å². The number of non-ortho nitro benzene ring substituents is 1. The second kappa shape index (κ2) is 8.51. The van der Waals surface area contributed by atoms with E-state index in [1.807, 2.05) is 41.2 Å². The molecule has 3 rings (SSSR count). The number of hydrogen-bond acceptors (Lipinski definition) is 5. The van der Waals surface area contributed by atoms with Gasteiger partial charge in [0.25, 0.3) is 11.4 Å². The zero-order chi connectivity index (χ0) is 21.9. The molecule has 0 aliphatic rings. The zero-order valence-electron chi connectivity index (χ0n) is 16.5. The maximum Gasteiger partial charge on any atom is 0.347 e. The summed E-state index contributed by atoms with van der Waals surface area (Å²) >= 11 is 0. The first kappa shape index (κ1) is 21.3. The minimum Gasteiger partial charge on any atom is -0.324 e. The van der Waals surface area contributed by atoms with Crippen molar-refractivity contribution < 1.29 is 23.5 Å². The van der Waals surface area contributed by atoms with Crippen molar-refractivity contribution >= 4 is 18.5 Å². The summed E-state index contributed by atoms with van der Waals surface area (Å²) in [5.74, 6) is 0. The highest BCUT2D eigenvalue weighted by Crippen LogP contribution is 2.34. The zero-order valence-corrected chi connectivity index (χ0v) is 17.4. The number of aromatic nitrogens is 2. The quantitative estimate of drug-likeness (QED) is 0.248. The molecule has 30 heavy (non-hydrogen) atoms. The largest absolute Gasteiger partial charge is 0.347 e. The van der Waals surface area contributed by atoms with E-state index in [2.05, 4.69) is 0 Å². The van der Waals surface area contributed by atoms with Crippen LogP contribution in [-0.4, -0.2) is 29.3 Å². The second-order valence-electron chi connectivity index (χ2n) is 7.30. The van der Waals surface area contributed by atoms with Gasteiger partial charge in [0, 0.05) is 36.4 Å². The van der Waals surface area contributed by atoms with Crippen LogP contribution in [-0.2, 0) is 11.1 Å². The highest BCUT2D eigenvalue weighted by Gasteiger charge is 2.26. The minimum atomic E-state index is -2.06. The van der Waals surface area contributed by atoms with Gasteiger partial charge in [0.2, 0.25) is 0 Å². The van der Waals surface area contributed by atoms with Crippen LogP contribution in [0.1, 0.15) is 0 Å². The Morgan fingerprint density at radius 3 is 1.93 bits per heavy atom. The van der Waals surface area contributed by atoms with Crippen LogP contribution in [0.5, 0.6) is 0 Å². The summed E-state index contributed by atoms with van der Waals surface area (Å²) in [5, 5.41) is 22.3. The Bertz CT molecular complexity index is 1140. The average Bonchev–Trinajstić information content (AvgIpc) is 2.72. The lowest BCUT2D eigenvalue weighted by molar-refractivity contribution is -0.692. The number of rotatable bonds is 7. The lowest BCUT2D eigenvalue weighted by Crippen LogP contribution is -2.34. The van der Waals surface area contributed by atoms with Gasteiger partial charge in [0.1, 0.15) is 6.07 Å². The molecule has 0 unspecified atom stereocenters. The van der Waals surface area contributed by atoms with E-state index in [-0.39, 0.29) is 17.1 Å². The van der Waals surface area contributed by atoms with Gasteiger partial charge in [-0.1, -0.05) is 0 Å². The molecule has 10 heteroatoms. The third-order valence-corrected chi connectivity index (χ3v) is 5.87. The standard InChI is InChI=1S/C20H21N4O5P/c1-30(2,29)14-13-21-9-5-16(6-10-21)17-7-11-22(12-8-17)19-4-3-18(23(25)26)15-20(19)24(27)28/h3-12,15H,13-14H2,1-2H3/q+2. The molecule has 0 aliphatic heterocycles. The molecule has 3 aromatic rings. The van der Waals surface area contributed by atoms with Gasteiger partial charge >= 0.3 is 5.69 Å². The summed E-state index contributed by atoms with van der Waals surface area (Å²) in [5.41, 5.74) is 1.45. The molecule has 2 aromatic heterocycles. The second-order valence-corrected chi connectivity index (χ2v) is 10.9. The van der Waals surface area contributed by atoms with E-state index < -0.39 is 17.0 Å². The summed E-state index contributed by atoms with van der Waals surface area (Å²) in [4.78, 5) is 21.0. The van der Waals surface area contributed by atoms with Crippen molar-refractivity contribution in [3.63, 3.8) is 0 Å². The molecule has 1 aromatic carbocycles. The van der Waals surface area contributed by atoms with Gasteiger partial charge in [-0.25, -0.2) is 4.57 Å². The first-order valence-electron chi connectivity index (χ1n) is 9.12. The first-order chi connectivity index (χ1) is 14.1. The highest BCUT2D eigenvalue weighted by atomic mass is 31.2. The third-order valence-electron chi connectivity index (χ3n) is 4.60. The molecule has 0 fully saturated rings. The fourth-order valence-electron chi connectivity index (χ4n) is 2.92. The van der Waals surface area contributed by atoms with Gasteiger partial charge in [0.05, 0.1) is 23.2 Å². The normalized spacial score (nSPS) is 11.3. The van der Waals surface area contributed by atoms with Gasteiger partial charge in [-0.3, -0.25) is 20.2 Å². The maximum absolute atomic E-state index is 11.9. The Kier molecular flexibility index (Phi) is 6.03. The minimum absolute atomic E-state index is 0.242. The van der Waals surface area contributed by atoms with Gasteiger partial charge in [-0.15, -0.1) is 0 Å². The van der Waals surface area contributed by atoms with Gasteiger partial charge < -0.3 is 4.57 Å². The SMILES string of the molecule is CP(C)(=O)CC[n+]1ccc(-c2cc[n+](-c3ccc([N+](=O)[O-])cc3[N+](=O)[O-])cc2)cc1. The molecule has 0 amide bonds. The molecule has 0 radical (unpaired) electrons. The Labute approximate surface area is 172 Å². The summed E-state index contributed by atoms with van der Waals surface area (Å²) in [7, 11) is -2.06.